The molecule has 1 amide bonds. The smallest absolute Gasteiger partial charge is 0.308 e. The van der Waals surface area contributed by atoms with Crippen molar-refractivity contribution in [2.24, 2.45) is 0 Å². The predicted octanol–water partition coefficient (Wildman–Crippen LogP) is 3.16. The number of ketones is 1. The normalized spacial score (nSPS) is 14.8. The van der Waals surface area contributed by atoms with Gasteiger partial charge in [-0.2, -0.15) is 0 Å². The van der Waals surface area contributed by atoms with Crippen LogP contribution in [0.25, 0.3) is 10.2 Å². The van der Waals surface area contributed by atoms with Crippen LogP contribution in [0.3, 0.4) is 0 Å². The van der Waals surface area contributed by atoms with Crippen molar-refractivity contribution in [3.63, 3.8) is 0 Å². The highest BCUT2D eigenvalue weighted by atomic mass is 32.1. The number of hydrogen-bond donors (Lipinski definition) is 0. The second-order valence-electron chi connectivity index (χ2n) is 8.05. The third kappa shape index (κ3) is 4.62. The molecule has 0 atom stereocenters. The van der Waals surface area contributed by atoms with E-state index in [-0.39, 0.29) is 23.1 Å². The minimum absolute atomic E-state index is 0.0299. The first-order valence-corrected chi connectivity index (χ1v) is 11.5. The molecule has 2 heterocycles. The first kappa shape index (κ1) is 21.5. The second kappa shape index (κ2) is 9.16. The van der Waals surface area contributed by atoms with Crippen LogP contribution in [0.4, 0.5) is 0 Å². The number of nitrogens with zero attached hydrogens (tertiary/aromatic N) is 3. The number of aryl methyl sites for hydroxylation is 1. The van der Waals surface area contributed by atoms with E-state index in [9.17, 15) is 14.4 Å². The maximum atomic E-state index is 12.8. The number of amides is 1. The molecule has 0 saturated carbocycles. The van der Waals surface area contributed by atoms with E-state index in [2.05, 4.69) is 11.8 Å². The first-order valence-electron chi connectivity index (χ1n) is 10.7. The van der Waals surface area contributed by atoms with Gasteiger partial charge in [0.25, 0.3) is 0 Å². The highest BCUT2D eigenvalue weighted by Crippen LogP contribution is 2.21. The van der Waals surface area contributed by atoms with E-state index < -0.39 is 0 Å². The molecule has 4 rings (SSSR count). The monoisotopic (exact) mass is 437 g/mol. The van der Waals surface area contributed by atoms with E-state index in [1.807, 2.05) is 36.1 Å². The summed E-state index contributed by atoms with van der Waals surface area (Å²) in [6.07, 6.45) is 1.11. The lowest BCUT2D eigenvalue weighted by Crippen LogP contribution is -2.49. The quantitative estimate of drug-likeness (QED) is 0.556. The Bertz CT molecular complexity index is 1160. The molecule has 0 N–H and O–H groups in total. The summed E-state index contributed by atoms with van der Waals surface area (Å²) < 4.78 is 2.25. The maximum Gasteiger partial charge on any atom is 0.308 e. The molecule has 6 nitrogen and oxygen atoms in total. The number of benzene rings is 2. The molecule has 31 heavy (non-hydrogen) atoms. The van der Waals surface area contributed by atoms with Crippen LogP contribution in [-0.4, -0.2) is 58.8 Å². The third-order valence-corrected chi connectivity index (χ3v) is 6.74. The van der Waals surface area contributed by atoms with Gasteiger partial charge in [-0.3, -0.25) is 23.9 Å². The lowest BCUT2D eigenvalue weighted by atomic mass is 10.0. The average molecular weight is 438 g/mol. The van der Waals surface area contributed by atoms with Crippen LogP contribution < -0.4 is 4.87 Å². The molecule has 0 aliphatic carbocycles. The van der Waals surface area contributed by atoms with Crippen LogP contribution in [-0.2, 0) is 11.3 Å². The van der Waals surface area contributed by atoms with Gasteiger partial charge >= 0.3 is 4.87 Å². The number of hydrogen-bond acceptors (Lipinski definition) is 5. The van der Waals surface area contributed by atoms with Crippen molar-refractivity contribution < 1.29 is 9.59 Å². The molecule has 2 aromatic carbocycles. The van der Waals surface area contributed by atoms with Gasteiger partial charge in [0.15, 0.2) is 5.78 Å². The van der Waals surface area contributed by atoms with E-state index in [4.69, 9.17) is 0 Å². The van der Waals surface area contributed by atoms with Crippen molar-refractivity contribution >= 4 is 33.2 Å². The lowest BCUT2D eigenvalue weighted by Gasteiger charge is -2.34. The predicted molar refractivity (Wildman–Crippen MR) is 124 cm³/mol. The van der Waals surface area contributed by atoms with Crippen LogP contribution in [0.1, 0.15) is 34.8 Å². The van der Waals surface area contributed by atoms with Crippen molar-refractivity contribution in [3.8, 4) is 0 Å². The molecule has 0 radical (unpaired) electrons. The second-order valence-corrected chi connectivity index (χ2v) is 9.05. The Kier molecular flexibility index (Phi) is 6.34. The summed E-state index contributed by atoms with van der Waals surface area (Å²) in [6, 6.07) is 12.7. The molecule has 1 fully saturated rings. The van der Waals surface area contributed by atoms with Crippen molar-refractivity contribution in [1.82, 2.24) is 14.4 Å². The van der Waals surface area contributed by atoms with Gasteiger partial charge in [0.2, 0.25) is 5.91 Å². The Morgan fingerprint density at radius 1 is 0.968 bits per heavy atom. The Morgan fingerprint density at radius 2 is 1.65 bits per heavy atom. The van der Waals surface area contributed by atoms with Gasteiger partial charge in [0.05, 0.1) is 10.2 Å². The fraction of sp³-hybridized carbons (Fsp3) is 0.375. The molecule has 0 spiro atoms. The summed E-state index contributed by atoms with van der Waals surface area (Å²) in [5, 5.41) is 0. The number of thiazole rings is 1. The zero-order chi connectivity index (χ0) is 22.0. The number of aromatic nitrogens is 1. The minimum atomic E-state index is -0.173. The largest absolute Gasteiger partial charge is 0.339 e. The molecular formula is C24H27N3O3S. The third-order valence-electron chi connectivity index (χ3n) is 5.80. The minimum Gasteiger partial charge on any atom is -0.339 e. The number of fused-ring (bicyclic) bond motifs is 1. The summed E-state index contributed by atoms with van der Waals surface area (Å²) in [5.41, 5.74) is 2.96. The summed E-state index contributed by atoms with van der Waals surface area (Å²) in [7, 11) is 0. The highest BCUT2D eigenvalue weighted by molar-refractivity contribution is 7.16. The average Bonchev–Trinajstić information content (AvgIpc) is 3.08. The van der Waals surface area contributed by atoms with E-state index in [0.29, 0.717) is 29.7 Å². The van der Waals surface area contributed by atoms with Gasteiger partial charge < -0.3 is 4.90 Å². The topological polar surface area (TPSA) is 62.6 Å². The van der Waals surface area contributed by atoms with Gasteiger partial charge in [0.1, 0.15) is 6.54 Å². The standard InChI is InChI=1S/C24H27N3O3S/c1-3-10-25-11-13-26(14-12-25)22(28)16-27-20-9-8-19(15-21(20)31-24(27)30)23(29)18-6-4-17(2)5-7-18/h4-9,15H,3,10-14,16H2,1-2H3. The fourth-order valence-electron chi connectivity index (χ4n) is 4.00. The molecule has 1 saturated heterocycles. The zero-order valence-electron chi connectivity index (χ0n) is 18.0. The van der Waals surface area contributed by atoms with Gasteiger partial charge in [-0.05, 0) is 38.1 Å². The Morgan fingerprint density at radius 3 is 2.32 bits per heavy atom. The van der Waals surface area contributed by atoms with Gasteiger partial charge in [-0.25, -0.2) is 0 Å². The molecule has 0 bridgehead atoms. The number of carbonyl (C=O) groups excluding carboxylic acids is 2. The van der Waals surface area contributed by atoms with Crippen LogP contribution in [0.2, 0.25) is 0 Å². The molecule has 1 aliphatic rings. The molecule has 1 aliphatic heterocycles. The number of rotatable bonds is 6. The van der Waals surface area contributed by atoms with Gasteiger partial charge in [-0.15, -0.1) is 0 Å². The van der Waals surface area contributed by atoms with Crippen LogP contribution in [0.15, 0.2) is 47.3 Å². The number of carbonyl (C=O) groups is 2. The Labute approximate surface area is 185 Å². The summed E-state index contributed by atoms with van der Waals surface area (Å²) >= 11 is 1.08. The first-order chi connectivity index (χ1) is 15.0. The fourth-order valence-corrected chi connectivity index (χ4v) is 4.93. The molecular weight excluding hydrogens is 410 g/mol. The van der Waals surface area contributed by atoms with Crippen molar-refractivity contribution in [2.45, 2.75) is 26.8 Å². The van der Waals surface area contributed by atoms with E-state index in [1.54, 1.807) is 18.2 Å². The SMILES string of the molecule is CCCN1CCN(C(=O)Cn2c(=O)sc3cc(C(=O)c4ccc(C)cc4)ccc32)CC1. The Hall–Kier alpha value is -2.77. The van der Waals surface area contributed by atoms with Crippen LogP contribution >= 0.6 is 11.3 Å². The molecule has 7 heteroatoms. The summed E-state index contributed by atoms with van der Waals surface area (Å²) in [6.45, 7) is 8.39. The Balaban J connectivity index is 1.51. The summed E-state index contributed by atoms with van der Waals surface area (Å²) in [4.78, 5) is 42.3. The van der Waals surface area contributed by atoms with Crippen LogP contribution in [0, 0.1) is 6.92 Å². The van der Waals surface area contributed by atoms with Gasteiger partial charge in [-0.1, -0.05) is 48.1 Å². The van der Waals surface area contributed by atoms with E-state index in [1.165, 1.54) is 4.57 Å². The van der Waals surface area contributed by atoms with Gasteiger partial charge in [0, 0.05) is 37.3 Å². The lowest BCUT2D eigenvalue weighted by molar-refractivity contribution is -0.133. The van der Waals surface area contributed by atoms with E-state index >= 15 is 0 Å². The van der Waals surface area contributed by atoms with Crippen molar-refractivity contribution in [3.05, 3.63) is 68.8 Å². The maximum absolute atomic E-state index is 12.8. The van der Waals surface area contributed by atoms with Crippen molar-refractivity contribution in [1.29, 1.82) is 0 Å². The highest BCUT2D eigenvalue weighted by Gasteiger charge is 2.22. The van der Waals surface area contributed by atoms with Crippen LogP contribution in [0.5, 0.6) is 0 Å². The van der Waals surface area contributed by atoms with Crippen molar-refractivity contribution in [2.75, 3.05) is 32.7 Å². The summed E-state index contributed by atoms with van der Waals surface area (Å²) in [5.74, 6) is -0.104. The zero-order valence-corrected chi connectivity index (χ0v) is 18.8. The van der Waals surface area contributed by atoms with E-state index in [0.717, 1.165) is 47.7 Å². The number of piperazine rings is 1. The molecule has 162 valence electrons. The molecule has 1 aromatic heterocycles. The molecule has 3 aromatic rings. The molecule has 0 unspecified atom stereocenters.